The zero-order chi connectivity index (χ0) is 31.1. The Morgan fingerprint density at radius 3 is 1.70 bits per heavy atom. The minimum Gasteiger partial charge on any atom is -0.352 e. The molecule has 1 unspecified atom stereocenters. The van der Waals surface area contributed by atoms with Gasteiger partial charge in [-0.25, -0.2) is 8.78 Å². The zero-order valence-corrected chi connectivity index (χ0v) is 27.2. The van der Waals surface area contributed by atoms with Crippen molar-refractivity contribution >= 4 is 45.9 Å². The van der Waals surface area contributed by atoms with Crippen LogP contribution in [0.4, 0.5) is 31.5 Å². The smallest absolute Gasteiger partial charge is 0.131 e. The Labute approximate surface area is 255 Å². The lowest BCUT2D eigenvalue weighted by atomic mass is 10.0. The molecular weight excluding hydrogens is 553 g/mol. The maximum atomic E-state index is 15.4. The van der Waals surface area contributed by atoms with Crippen molar-refractivity contribution in [2.24, 2.45) is 0 Å². The van der Waals surface area contributed by atoms with E-state index < -0.39 is 7.26 Å². The van der Waals surface area contributed by atoms with Crippen LogP contribution in [0.2, 0.25) is 0 Å². The molecule has 5 aromatic carbocycles. The lowest BCUT2D eigenvalue weighted by Gasteiger charge is -2.31. The lowest BCUT2D eigenvalue weighted by molar-refractivity contribution is 0.629. The average molecular weight is 594 g/mol. The lowest BCUT2D eigenvalue weighted by Crippen LogP contribution is -2.35. The molecule has 0 saturated carbocycles. The summed E-state index contributed by atoms with van der Waals surface area (Å²) < 4.78 is 30.7. The SMILES string of the molecule is Cc1cc(C)c(Nc2ccc(F)cc2[P+](C)(c2ccccc2)c2cc(F)ccc2N(C)c2c(C)cc(C)cc2C)c(C)c1. The molecule has 5 rings (SSSR count). The Balaban J connectivity index is 1.81. The van der Waals surface area contributed by atoms with Gasteiger partial charge in [0.15, 0.2) is 0 Å². The van der Waals surface area contributed by atoms with Gasteiger partial charge in [-0.15, -0.1) is 0 Å². The Bertz CT molecular complexity index is 1770. The monoisotopic (exact) mass is 593 g/mol. The van der Waals surface area contributed by atoms with Gasteiger partial charge in [-0.1, -0.05) is 53.6 Å². The number of hydrogen-bond acceptors (Lipinski definition) is 2. The van der Waals surface area contributed by atoms with Crippen LogP contribution in [-0.4, -0.2) is 13.7 Å². The fourth-order valence-corrected chi connectivity index (χ4v) is 10.2. The molecule has 0 saturated heterocycles. The summed E-state index contributed by atoms with van der Waals surface area (Å²) in [6, 6.07) is 28.8. The van der Waals surface area contributed by atoms with Crippen molar-refractivity contribution in [1.82, 2.24) is 0 Å². The van der Waals surface area contributed by atoms with Crippen molar-refractivity contribution in [2.45, 2.75) is 41.5 Å². The quantitative estimate of drug-likeness (QED) is 0.189. The van der Waals surface area contributed by atoms with Crippen LogP contribution < -0.4 is 26.1 Å². The first-order valence-corrected chi connectivity index (χ1v) is 16.8. The molecule has 43 heavy (non-hydrogen) atoms. The molecule has 0 aromatic heterocycles. The predicted molar refractivity (Wildman–Crippen MR) is 184 cm³/mol. The van der Waals surface area contributed by atoms with Gasteiger partial charge >= 0.3 is 0 Å². The molecule has 5 aromatic rings. The minimum atomic E-state index is -2.63. The number of halogens is 2. The first-order chi connectivity index (χ1) is 20.4. The number of nitrogens with one attached hydrogen (secondary N) is 1. The molecule has 5 heteroatoms. The topological polar surface area (TPSA) is 15.3 Å². The van der Waals surface area contributed by atoms with Crippen molar-refractivity contribution in [3.05, 3.63) is 136 Å². The van der Waals surface area contributed by atoms with E-state index in [0.29, 0.717) is 0 Å². The van der Waals surface area contributed by atoms with Crippen LogP contribution in [0, 0.1) is 53.2 Å². The second-order valence-electron chi connectivity index (χ2n) is 11.8. The summed E-state index contributed by atoms with van der Waals surface area (Å²) >= 11 is 0. The van der Waals surface area contributed by atoms with Gasteiger partial charge < -0.3 is 10.2 Å². The highest BCUT2D eigenvalue weighted by Gasteiger charge is 2.45. The maximum Gasteiger partial charge on any atom is 0.131 e. The molecule has 0 fully saturated rings. The van der Waals surface area contributed by atoms with E-state index in [0.717, 1.165) is 60.9 Å². The van der Waals surface area contributed by atoms with Crippen molar-refractivity contribution in [1.29, 1.82) is 0 Å². The summed E-state index contributed by atoms with van der Waals surface area (Å²) in [4.78, 5) is 2.17. The van der Waals surface area contributed by atoms with E-state index in [2.05, 4.69) is 94.8 Å². The number of aryl methyl sites for hydroxylation is 6. The van der Waals surface area contributed by atoms with Crippen molar-refractivity contribution < 1.29 is 8.78 Å². The Kier molecular flexibility index (Phi) is 8.45. The number of anilines is 4. The fourth-order valence-electron chi connectivity index (χ4n) is 6.59. The fraction of sp³-hybridized carbons (Fsp3) is 0.211. The summed E-state index contributed by atoms with van der Waals surface area (Å²) in [7, 11) is -0.588. The van der Waals surface area contributed by atoms with Gasteiger partial charge in [0.2, 0.25) is 0 Å². The highest BCUT2D eigenvalue weighted by atomic mass is 31.2. The Morgan fingerprint density at radius 1 is 0.605 bits per heavy atom. The van der Waals surface area contributed by atoms with Crippen molar-refractivity contribution in [3.8, 4) is 0 Å². The van der Waals surface area contributed by atoms with Crippen LogP contribution in [0.15, 0.2) is 91.0 Å². The molecule has 0 bridgehead atoms. The van der Waals surface area contributed by atoms with Gasteiger partial charge in [0, 0.05) is 30.6 Å². The molecule has 1 atom stereocenters. The maximum absolute atomic E-state index is 15.4. The molecule has 0 aliphatic rings. The van der Waals surface area contributed by atoms with E-state index in [1.807, 2.05) is 37.4 Å². The molecule has 2 nitrogen and oxygen atoms in total. The van der Waals surface area contributed by atoms with Gasteiger partial charge in [-0.05, 0) is 100 Å². The number of benzene rings is 5. The van der Waals surface area contributed by atoms with Crippen molar-refractivity contribution in [2.75, 3.05) is 23.9 Å². The van der Waals surface area contributed by atoms with E-state index >= 15 is 8.78 Å². The average Bonchev–Trinajstić information content (AvgIpc) is 2.95. The Hall–Kier alpha value is -4.01. The van der Waals surface area contributed by atoms with E-state index in [-0.39, 0.29) is 11.6 Å². The van der Waals surface area contributed by atoms with Crippen LogP contribution in [0.1, 0.15) is 33.4 Å². The normalized spacial score (nSPS) is 12.6. The molecule has 1 N–H and O–H groups in total. The van der Waals surface area contributed by atoms with Gasteiger partial charge in [-0.3, -0.25) is 0 Å². The zero-order valence-electron chi connectivity index (χ0n) is 26.3. The van der Waals surface area contributed by atoms with Gasteiger partial charge in [0.1, 0.15) is 34.8 Å². The Morgan fingerprint density at radius 2 is 1.12 bits per heavy atom. The van der Waals surface area contributed by atoms with Gasteiger partial charge in [-0.2, -0.15) is 0 Å². The molecule has 0 spiro atoms. The third kappa shape index (κ3) is 5.82. The van der Waals surface area contributed by atoms with Crippen LogP contribution in [-0.2, 0) is 0 Å². The molecular formula is C38H40F2N2P+. The molecule has 0 radical (unpaired) electrons. The minimum absolute atomic E-state index is 0.317. The standard InChI is InChI=1S/C38H40F2N2P/c1-24-18-26(3)37(27(4)19-24)41-33-16-14-30(39)22-35(33)43(8,32-12-10-9-11-13-32)36-23-31(40)15-17-34(36)42(7)38-28(5)20-25(2)21-29(38)6/h9-23,41H,1-8H3/q+1. The number of hydrogen-bond donors (Lipinski definition) is 1. The van der Waals surface area contributed by atoms with E-state index in [9.17, 15) is 0 Å². The molecule has 0 aliphatic heterocycles. The first kappa shape index (κ1) is 30.4. The highest BCUT2D eigenvalue weighted by molar-refractivity contribution is 7.95. The van der Waals surface area contributed by atoms with Crippen LogP contribution in [0.3, 0.4) is 0 Å². The first-order valence-electron chi connectivity index (χ1n) is 14.6. The van der Waals surface area contributed by atoms with Crippen LogP contribution in [0.5, 0.6) is 0 Å². The summed E-state index contributed by atoms with van der Waals surface area (Å²) in [6.07, 6.45) is 0. The van der Waals surface area contributed by atoms with E-state index in [1.54, 1.807) is 12.1 Å². The predicted octanol–water partition coefficient (Wildman–Crippen LogP) is 9.25. The molecule has 0 heterocycles. The second-order valence-corrected chi connectivity index (χ2v) is 15.3. The summed E-state index contributed by atoms with van der Waals surface area (Å²) in [5, 5.41) is 6.40. The third-order valence-corrected chi connectivity index (χ3v) is 12.4. The van der Waals surface area contributed by atoms with E-state index in [1.165, 1.54) is 23.3 Å². The molecule has 220 valence electrons. The van der Waals surface area contributed by atoms with E-state index in [4.69, 9.17) is 0 Å². The van der Waals surface area contributed by atoms with Crippen LogP contribution in [0.25, 0.3) is 0 Å². The highest BCUT2D eigenvalue weighted by Crippen LogP contribution is 2.56. The van der Waals surface area contributed by atoms with Gasteiger partial charge in [0.25, 0.3) is 0 Å². The van der Waals surface area contributed by atoms with Crippen molar-refractivity contribution in [3.63, 3.8) is 0 Å². The largest absolute Gasteiger partial charge is 0.352 e. The molecule has 0 aliphatic carbocycles. The molecule has 0 amide bonds. The summed E-state index contributed by atoms with van der Waals surface area (Å²) in [5.41, 5.74) is 10.7. The summed E-state index contributed by atoms with van der Waals surface area (Å²) in [6.45, 7) is 14.8. The van der Waals surface area contributed by atoms with Crippen LogP contribution >= 0.6 is 7.26 Å². The number of nitrogens with zero attached hydrogens (tertiary/aromatic N) is 1. The second kappa shape index (κ2) is 11.9. The third-order valence-electron chi connectivity index (χ3n) is 8.40. The van der Waals surface area contributed by atoms with Gasteiger partial charge in [0.05, 0.1) is 18.0 Å². The number of rotatable bonds is 7. The summed E-state index contributed by atoms with van der Waals surface area (Å²) in [5.74, 6) is -0.639.